The van der Waals surface area contributed by atoms with Crippen LogP contribution in [-0.2, 0) is 11.0 Å². The number of hydrogen-bond acceptors (Lipinski definition) is 6. The summed E-state index contributed by atoms with van der Waals surface area (Å²) < 4.78 is 59.7. The van der Waals surface area contributed by atoms with Gasteiger partial charge in [0.25, 0.3) is 0 Å². The second-order valence-corrected chi connectivity index (χ2v) is 6.76. The van der Waals surface area contributed by atoms with Crippen LogP contribution in [0.4, 0.5) is 23.2 Å². The third-order valence-electron chi connectivity index (χ3n) is 4.28. The zero-order valence-corrected chi connectivity index (χ0v) is 16.0. The number of carbonyl (C=O) groups is 2. The third kappa shape index (κ3) is 4.33. The average molecular weight is 423 g/mol. The molecule has 0 spiro atoms. The van der Waals surface area contributed by atoms with E-state index in [-0.39, 0.29) is 22.9 Å². The van der Waals surface area contributed by atoms with E-state index in [0.29, 0.717) is 24.8 Å². The van der Waals surface area contributed by atoms with E-state index in [1.165, 1.54) is 12.1 Å². The predicted molar refractivity (Wildman–Crippen MR) is 102 cm³/mol. The summed E-state index contributed by atoms with van der Waals surface area (Å²) in [5.41, 5.74) is -2.08. The van der Waals surface area contributed by atoms with Crippen LogP contribution in [0.15, 0.2) is 34.7 Å². The molecule has 10 heteroatoms. The quantitative estimate of drug-likeness (QED) is 0.268. The fourth-order valence-electron chi connectivity index (χ4n) is 2.89. The summed E-state index contributed by atoms with van der Waals surface area (Å²) in [6.45, 7) is 1.15. The maximum Gasteiger partial charge on any atom is 0.417 e. The van der Waals surface area contributed by atoms with Crippen LogP contribution in [0.1, 0.15) is 15.9 Å². The molecule has 0 saturated heterocycles. The number of likely N-dealkylation sites (N-methyl/N-ethyl adjacent to an activating group) is 1. The van der Waals surface area contributed by atoms with Crippen LogP contribution in [0.25, 0.3) is 22.6 Å². The number of hydrogen-bond donors (Lipinski definition) is 1. The second kappa shape index (κ2) is 8.23. The molecule has 0 aliphatic carbocycles. The zero-order valence-electron chi connectivity index (χ0n) is 16.0. The fraction of sp³-hybridized carbons (Fsp3) is 0.250. The molecule has 3 rings (SSSR count). The molecular formula is C20H17F4N3O3. The van der Waals surface area contributed by atoms with Gasteiger partial charge in [-0.15, -0.1) is 0 Å². The molecule has 3 aromatic rings. The van der Waals surface area contributed by atoms with Gasteiger partial charge in [0.1, 0.15) is 11.3 Å². The lowest BCUT2D eigenvalue weighted by atomic mass is 10.1. The van der Waals surface area contributed by atoms with Crippen LogP contribution in [0.5, 0.6) is 0 Å². The van der Waals surface area contributed by atoms with Crippen molar-refractivity contribution in [3.05, 3.63) is 47.3 Å². The maximum atomic E-state index is 14.3. The second-order valence-electron chi connectivity index (χ2n) is 6.76. The summed E-state index contributed by atoms with van der Waals surface area (Å²) in [6, 6.07) is 5.28. The van der Waals surface area contributed by atoms with E-state index in [1.807, 2.05) is 19.0 Å². The standard InChI is InChI=1S/C20H17F4N3O3/c1-27(2)7-6-25-11-8-12(16(29)10-28)18-15(9-11)26-19(30-18)17-13(20(22,23)24)4-3-5-14(17)21/h3-5,8-10,25H,6-7H2,1-2H3. The number of Topliss-reactive ketones (excluding diaryl/α,β-unsaturated/α-hetero) is 1. The molecule has 0 radical (unpaired) electrons. The lowest BCUT2D eigenvalue weighted by Gasteiger charge is -2.11. The summed E-state index contributed by atoms with van der Waals surface area (Å²) in [5, 5.41) is 3.04. The normalized spacial score (nSPS) is 11.8. The monoisotopic (exact) mass is 423 g/mol. The highest BCUT2D eigenvalue weighted by Crippen LogP contribution is 2.39. The van der Waals surface area contributed by atoms with Gasteiger partial charge in [-0.3, -0.25) is 9.59 Å². The van der Waals surface area contributed by atoms with Crippen molar-refractivity contribution in [2.75, 3.05) is 32.5 Å². The number of halogens is 4. The number of oxazole rings is 1. The molecule has 1 N–H and O–H groups in total. The number of anilines is 1. The van der Waals surface area contributed by atoms with Crippen molar-refractivity contribution < 1.29 is 31.6 Å². The lowest BCUT2D eigenvalue weighted by Crippen LogP contribution is -2.20. The van der Waals surface area contributed by atoms with E-state index in [9.17, 15) is 27.2 Å². The Kier molecular flexibility index (Phi) is 5.88. The van der Waals surface area contributed by atoms with Gasteiger partial charge in [0.05, 0.1) is 16.7 Å². The number of nitrogens with one attached hydrogen (secondary N) is 1. The van der Waals surface area contributed by atoms with Crippen LogP contribution in [0.3, 0.4) is 0 Å². The Morgan fingerprint density at radius 3 is 2.63 bits per heavy atom. The van der Waals surface area contributed by atoms with Gasteiger partial charge < -0.3 is 14.6 Å². The van der Waals surface area contributed by atoms with Gasteiger partial charge in [-0.25, -0.2) is 9.37 Å². The molecule has 158 valence electrons. The maximum absolute atomic E-state index is 14.3. The van der Waals surface area contributed by atoms with Crippen molar-refractivity contribution in [3.63, 3.8) is 0 Å². The van der Waals surface area contributed by atoms with Crippen LogP contribution < -0.4 is 5.32 Å². The highest BCUT2D eigenvalue weighted by atomic mass is 19.4. The summed E-state index contributed by atoms with van der Waals surface area (Å²) in [6.07, 6.45) is -4.79. The number of benzene rings is 2. The van der Waals surface area contributed by atoms with Crippen molar-refractivity contribution in [1.82, 2.24) is 9.88 Å². The highest BCUT2D eigenvalue weighted by Gasteiger charge is 2.36. The van der Waals surface area contributed by atoms with Gasteiger partial charge in [-0.05, 0) is 38.4 Å². The molecule has 0 saturated carbocycles. The SMILES string of the molecule is CN(C)CCNc1cc(C(=O)C=O)c2oc(-c3c(F)cccc3C(F)(F)F)nc2c1. The Labute approximate surface area is 168 Å². The molecule has 0 amide bonds. The molecule has 0 bridgehead atoms. The summed E-state index contributed by atoms with van der Waals surface area (Å²) in [7, 11) is 3.73. The predicted octanol–water partition coefficient (Wildman–Crippen LogP) is 4.01. The first-order valence-electron chi connectivity index (χ1n) is 8.80. The van der Waals surface area contributed by atoms with E-state index in [0.717, 1.165) is 12.1 Å². The van der Waals surface area contributed by atoms with Gasteiger partial charge in [0.15, 0.2) is 11.9 Å². The van der Waals surface area contributed by atoms with E-state index in [2.05, 4.69) is 10.3 Å². The van der Waals surface area contributed by atoms with Gasteiger partial charge >= 0.3 is 6.18 Å². The van der Waals surface area contributed by atoms with Crippen molar-refractivity contribution in [1.29, 1.82) is 0 Å². The lowest BCUT2D eigenvalue weighted by molar-refractivity contribution is -0.137. The van der Waals surface area contributed by atoms with E-state index < -0.39 is 34.8 Å². The molecule has 1 aromatic heterocycles. The Hall–Kier alpha value is -3.27. The van der Waals surface area contributed by atoms with Crippen molar-refractivity contribution in [2.24, 2.45) is 0 Å². The van der Waals surface area contributed by atoms with Crippen molar-refractivity contribution >= 4 is 28.9 Å². The minimum atomic E-state index is -4.85. The number of alkyl halides is 3. The Morgan fingerprint density at radius 1 is 1.27 bits per heavy atom. The molecule has 0 fully saturated rings. The molecule has 0 aliphatic heterocycles. The average Bonchev–Trinajstić information content (AvgIpc) is 3.09. The van der Waals surface area contributed by atoms with Gasteiger partial charge in [0, 0.05) is 18.8 Å². The van der Waals surface area contributed by atoms with Gasteiger partial charge in [-0.1, -0.05) is 6.07 Å². The van der Waals surface area contributed by atoms with E-state index >= 15 is 0 Å². The number of fused-ring (bicyclic) bond motifs is 1. The van der Waals surface area contributed by atoms with Gasteiger partial charge in [0.2, 0.25) is 11.7 Å². The number of carbonyl (C=O) groups excluding carboxylic acids is 2. The minimum Gasteiger partial charge on any atom is -0.435 e. The topological polar surface area (TPSA) is 75.4 Å². The van der Waals surface area contributed by atoms with Crippen LogP contribution in [-0.4, -0.2) is 49.1 Å². The van der Waals surface area contributed by atoms with Crippen LogP contribution in [0.2, 0.25) is 0 Å². The Balaban J connectivity index is 2.16. The van der Waals surface area contributed by atoms with E-state index in [4.69, 9.17) is 4.42 Å². The molecule has 6 nitrogen and oxygen atoms in total. The highest BCUT2D eigenvalue weighted by molar-refractivity contribution is 6.36. The minimum absolute atomic E-state index is 0.0152. The number of aromatic nitrogens is 1. The molecule has 0 aliphatic rings. The first-order chi connectivity index (χ1) is 14.1. The van der Waals surface area contributed by atoms with Crippen molar-refractivity contribution in [2.45, 2.75) is 6.18 Å². The largest absolute Gasteiger partial charge is 0.435 e. The smallest absolute Gasteiger partial charge is 0.417 e. The number of rotatable bonds is 7. The molecule has 2 aromatic carbocycles. The van der Waals surface area contributed by atoms with Gasteiger partial charge in [-0.2, -0.15) is 13.2 Å². The molecule has 1 heterocycles. The summed E-state index contributed by atoms with van der Waals surface area (Å²) in [5.74, 6) is -2.76. The number of nitrogens with zero attached hydrogens (tertiary/aromatic N) is 2. The third-order valence-corrected chi connectivity index (χ3v) is 4.28. The Bertz CT molecular complexity index is 1110. The summed E-state index contributed by atoms with van der Waals surface area (Å²) >= 11 is 0. The Morgan fingerprint density at radius 2 is 2.00 bits per heavy atom. The van der Waals surface area contributed by atoms with E-state index in [1.54, 1.807) is 0 Å². The first kappa shape index (κ1) is 21.4. The summed E-state index contributed by atoms with van der Waals surface area (Å²) in [4.78, 5) is 29.0. The number of ketones is 1. The number of aldehydes is 1. The van der Waals surface area contributed by atoms with Crippen LogP contribution >= 0.6 is 0 Å². The molecule has 0 unspecified atom stereocenters. The molecule has 0 atom stereocenters. The van der Waals surface area contributed by atoms with Crippen molar-refractivity contribution in [3.8, 4) is 11.5 Å². The molecular weight excluding hydrogens is 406 g/mol. The zero-order chi connectivity index (χ0) is 22.1. The first-order valence-corrected chi connectivity index (χ1v) is 8.80. The molecule has 30 heavy (non-hydrogen) atoms. The van der Waals surface area contributed by atoms with Crippen LogP contribution in [0, 0.1) is 5.82 Å². The fourth-order valence-corrected chi connectivity index (χ4v) is 2.89.